The van der Waals surface area contributed by atoms with Gasteiger partial charge >= 0.3 is 5.97 Å². The van der Waals surface area contributed by atoms with Crippen molar-refractivity contribution in [3.8, 4) is 0 Å². The topological polar surface area (TPSA) is 74.6 Å². The number of aliphatic hydroxyl groups is 1. The van der Waals surface area contributed by atoms with Crippen molar-refractivity contribution in [2.75, 3.05) is 0 Å². The largest absolute Gasteiger partial charge is 0.481 e. The Morgan fingerprint density at radius 1 is 0.912 bits per heavy atom. The number of aliphatic carboxylic acids is 1. The Hall–Kier alpha value is -1.16. The summed E-state index contributed by atoms with van der Waals surface area (Å²) in [5.41, 5.74) is -1.17. The second-order valence-electron chi connectivity index (χ2n) is 14.9. The van der Waals surface area contributed by atoms with E-state index < -0.39 is 17.5 Å². The van der Waals surface area contributed by atoms with Crippen LogP contribution in [0.1, 0.15) is 99.8 Å². The molecule has 5 rings (SSSR count). The minimum atomic E-state index is -0.826. The predicted octanol–water partition coefficient (Wildman–Crippen LogP) is 6.27. The van der Waals surface area contributed by atoms with Crippen LogP contribution in [0, 0.1) is 56.2 Å². The SMILES string of the molecule is CC1(C)CC2C3C=CC4C5(C)CCC(=O)C(C)(C)C5CCC4(C)C3(C)CCC2(C(=O)O)CC1O. The van der Waals surface area contributed by atoms with E-state index in [4.69, 9.17) is 0 Å². The van der Waals surface area contributed by atoms with Gasteiger partial charge in [0.1, 0.15) is 5.78 Å². The van der Waals surface area contributed by atoms with E-state index in [0.29, 0.717) is 36.9 Å². The summed E-state index contributed by atoms with van der Waals surface area (Å²) in [6.07, 6.45) is 10.8. The molecule has 5 aliphatic rings. The number of aliphatic hydroxyl groups excluding tert-OH is 1. The summed E-state index contributed by atoms with van der Waals surface area (Å²) in [6.45, 7) is 16.0. The van der Waals surface area contributed by atoms with Gasteiger partial charge in [-0.05, 0) is 90.3 Å². The lowest BCUT2D eigenvalue weighted by atomic mass is 9.33. The lowest BCUT2D eigenvalue weighted by Gasteiger charge is -2.71. The Morgan fingerprint density at radius 3 is 2.24 bits per heavy atom. The molecule has 0 aliphatic heterocycles. The van der Waals surface area contributed by atoms with E-state index in [1.807, 2.05) is 0 Å². The first-order chi connectivity index (χ1) is 15.6. The van der Waals surface area contributed by atoms with Crippen LogP contribution in [-0.2, 0) is 9.59 Å². The number of rotatable bonds is 1. The Bertz CT molecular complexity index is 947. The van der Waals surface area contributed by atoms with E-state index in [-0.39, 0.29) is 38.9 Å². The highest BCUT2D eigenvalue weighted by atomic mass is 16.4. The molecule has 2 N–H and O–H groups in total. The highest BCUT2D eigenvalue weighted by molar-refractivity contribution is 5.85. The number of carboxylic acid groups (broad SMARTS) is 1. The maximum atomic E-state index is 12.9. The molecule has 0 heterocycles. The fraction of sp³-hybridized carbons (Fsp3) is 0.867. The van der Waals surface area contributed by atoms with Crippen LogP contribution in [0.25, 0.3) is 0 Å². The monoisotopic (exact) mass is 470 g/mol. The van der Waals surface area contributed by atoms with Gasteiger partial charge in [-0.25, -0.2) is 0 Å². The van der Waals surface area contributed by atoms with Gasteiger partial charge in [0.2, 0.25) is 0 Å². The minimum absolute atomic E-state index is 0.0218. The number of fused-ring (bicyclic) bond motifs is 7. The molecule has 0 aromatic rings. The Balaban J connectivity index is 1.61. The van der Waals surface area contributed by atoms with Gasteiger partial charge in [0.05, 0.1) is 11.5 Å². The van der Waals surface area contributed by atoms with Crippen molar-refractivity contribution in [3.63, 3.8) is 0 Å². The first-order valence-corrected chi connectivity index (χ1v) is 13.7. The van der Waals surface area contributed by atoms with E-state index >= 15 is 0 Å². The van der Waals surface area contributed by atoms with E-state index in [9.17, 15) is 19.8 Å². The summed E-state index contributed by atoms with van der Waals surface area (Å²) in [4.78, 5) is 25.7. The number of hydrogen-bond donors (Lipinski definition) is 2. The van der Waals surface area contributed by atoms with Gasteiger partial charge in [-0.1, -0.05) is 60.6 Å². The van der Waals surface area contributed by atoms with Gasteiger partial charge in [-0.3, -0.25) is 9.59 Å². The molecule has 0 aromatic carbocycles. The van der Waals surface area contributed by atoms with Gasteiger partial charge in [0.25, 0.3) is 0 Å². The molecule has 5 aliphatic carbocycles. The number of carbonyl (C=O) groups excluding carboxylic acids is 1. The summed E-state index contributed by atoms with van der Waals surface area (Å²) in [7, 11) is 0. The molecule has 0 spiro atoms. The molecule has 0 bridgehead atoms. The highest BCUT2D eigenvalue weighted by Crippen LogP contribution is 2.75. The highest BCUT2D eigenvalue weighted by Gasteiger charge is 2.70. The van der Waals surface area contributed by atoms with Crippen LogP contribution in [0.4, 0.5) is 0 Å². The van der Waals surface area contributed by atoms with E-state index in [1.165, 1.54) is 0 Å². The molecule has 4 heteroatoms. The van der Waals surface area contributed by atoms with Crippen LogP contribution in [0.5, 0.6) is 0 Å². The summed E-state index contributed by atoms with van der Waals surface area (Å²) in [5, 5.41) is 21.4. The third kappa shape index (κ3) is 2.75. The Labute approximate surface area is 206 Å². The van der Waals surface area contributed by atoms with Gasteiger partial charge < -0.3 is 10.2 Å². The second kappa shape index (κ2) is 6.99. The summed E-state index contributed by atoms with van der Waals surface area (Å²) in [5.74, 6) is 0.781. The van der Waals surface area contributed by atoms with Crippen LogP contribution in [0.15, 0.2) is 12.2 Å². The molecule has 190 valence electrons. The van der Waals surface area contributed by atoms with Crippen molar-refractivity contribution in [2.45, 2.75) is 106 Å². The number of carbonyl (C=O) groups is 2. The zero-order chi connectivity index (χ0) is 25.1. The Kier molecular flexibility index (Phi) is 5.04. The zero-order valence-electron chi connectivity index (χ0n) is 22.4. The molecule has 0 radical (unpaired) electrons. The van der Waals surface area contributed by atoms with Crippen LogP contribution >= 0.6 is 0 Å². The fourth-order valence-corrected chi connectivity index (χ4v) is 10.5. The molecule has 4 nitrogen and oxygen atoms in total. The number of ketones is 1. The zero-order valence-corrected chi connectivity index (χ0v) is 22.4. The number of hydrogen-bond acceptors (Lipinski definition) is 3. The predicted molar refractivity (Wildman–Crippen MR) is 133 cm³/mol. The molecular formula is C30H46O4. The van der Waals surface area contributed by atoms with Crippen molar-refractivity contribution in [1.82, 2.24) is 0 Å². The van der Waals surface area contributed by atoms with Crippen LogP contribution < -0.4 is 0 Å². The molecule has 9 unspecified atom stereocenters. The van der Waals surface area contributed by atoms with Gasteiger partial charge in [-0.15, -0.1) is 0 Å². The standard InChI is InChI=1S/C30H46O4/c1-25(2)16-19-18-8-9-21-27(5)12-11-22(31)26(3,4)20(27)10-13-29(21,7)28(18,6)14-15-30(19,24(33)34)17-23(25)32/h8-9,18-21,23,32H,10-17H2,1-7H3,(H,33,34). The van der Waals surface area contributed by atoms with Crippen molar-refractivity contribution in [2.24, 2.45) is 56.2 Å². The molecule has 34 heavy (non-hydrogen) atoms. The van der Waals surface area contributed by atoms with Crippen LogP contribution in [-0.4, -0.2) is 28.1 Å². The summed E-state index contributed by atoms with van der Waals surface area (Å²) in [6, 6.07) is 0. The summed E-state index contributed by atoms with van der Waals surface area (Å²) < 4.78 is 0. The molecule has 4 saturated carbocycles. The molecule has 4 fully saturated rings. The average Bonchev–Trinajstić information content (AvgIpc) is 2.72. The molecule has 0 aromatic heterocycles. The maximum Gasteiger partial charge on any atom is 0.310 e. The molecule has 0 amide bonds. The average molecular weight is 471 g/mol. The van der Waals surface area contributed by atoms with Crippen molar-refractivity contribution in [1.29, 1.82) is 0 Å². The van der Waals surface area contributed by atoms with Crippen LogP contribution in [0.2, 0.25) is 0 Å². The molecule has 0 saturated heterocycles. The fourth-order valence-electron chi connectivity index (χ4n) is 10.5. The van der Waals surface area contributed by atoms with Gasteiger partial charge in [0, 0.05) is 11.8 Å². The van der Waals surface area contributed by atoms with Crippen molar-refractivity contribution < 1.29 is 19.8 Å². The Morgan fingerprint density at radius 2 is 1.59 bits per heavy atom. The number of allylic oxidation sites excluding steroid dienone is 2. The third-order valence-corrected chi connectivity index (χ3v) is 13.0. The van der Waals surface area contributed by atoms with E-state index in [0.717, 1.165) is 32.1 Å². The third-order valence-electron chi connectivity index (χ3n) is 13.0. The second-order valence-corrected chi connectivity index (χ2v) is 14.9. The lowest BCUT2D eigenvalue weighted by Crippen LogP contribution is -2.67. The van der Waals surface area contributed by atoms with Crippen molar-refractivity contribution >= 4 is 11.8 Å². The first-order valence-electron chi connectivity index (χ1n) is 13.7. The first kappa shape index (κ1) is 24.5. The summed E-state index contributed by atoms with van der Waals surface area (Å²) >= 11 is 0. The maximum absolute atomic E-state index is 12.9. The van der Waals surface area contributed by atoms with Gasteiger partial charge in [-0.2, -0.15) is 0 Å². The molecular weight excluding hydrogens is 424 g/mol. The van der Waals surface area contributed by atoms with Crippen LogP contribution in [0.3, 0.4) is 0 Å². The smallest absolute Gasteiger partial charge is 0.310 e. The van der Waals surface area contributed by atoms with E-state index in [1.54, 1.807) is 0 Å². The van der Waals surface area contributed by atoms with Gasteiger partial charge in [0.15, 0.2) is 0 Å². The lowest BCUT2D eigenvalue weighted by molar-refractivity contribution is -0.219. The quantitative estimate of drug-likeness (QED) is 0.443. The normalized spacial score (nSPS) is 53.2. The number of carboxylic acids is 1. The van der Waals surface area contributed by atoms with Crippen molar-refractivity contribution in [3.05, 3.63) is 12.2 Å². The molecule has 9 atom stereocenters. The van der Waals surface area contributed by atoms with E-state index in [2.05, 4.69) is 60.6 Å². The number of Topliss-reactive ketones (excluding diaryl/α,β-unsaturated/α-hetero) is 1. The minimum Gasteiger partial charge on any atom is -0.481 e.